The fraction of sp³-hybridized carbons (Fsp3) is 0.533. The van der Waals surface area contributed by atoms with E-state index in [9.17, 15) is 0 Å². The monoisotopic (exact) mass is 407 g/mol. The first-order valence-corrected chi connectivity index (χ1v) is 6.95. The molecule has 1 aromatic rings. The number of hydrogen-bond donors (Lipinski definition) is 2. The maximum absolute atomic E-state index is 5.27. The highest BCUT2D eigenvalue weighted by Crippen LogP contribution is 2.11. The maximum atomic E-state index is 5.27. The van der Waals surface area contributed by atoms with Crippen LogP contribution in [0.3, 0.4) is 0 Å². The van der Waals surface area contributed by atoms with E-state index in [1.807, 2.05) is 19.1 Å². The van der Waals surface area contributed by atoms with Gasteiger partial charge < -0.3 is 20.1 Å². The van der Waals surface area contributed by atoms with Gasteiger partial charge in [0.25, 0.3) is 0 Å². The third-order valence-corrected chi connectivity index (χ3v) is 2.83. The highest BCUT2D eigenvalue weighted by Gasteiger charge is 1.98. The van der Waals surface area contributed by atoms with E-state index in [0.29, 0.717) is 6.61 Å². The van der Waals surface area contributed by atoms with Crippen LogP contribution in [0.1, 0.15) is 12.5 Å². The summed E-state index contributed by atoms with van der Waals surface area (Å²) in [5, 5.41) is 6.48. The van der Waals surface area contributed by atoms with Crippen molar-refractivity contribution in [2.45, 2.75) is 13.3 Å². The van der Waals surface area contributed by atoms with E-state index in [1.54, 1.807) is 14.2 Å². The molecular formula is C15H26IN3O2. The zero-order valence-corrected chi connectivity index (χ0v) is 15.3. The molecule has 1 aromatic carbocycles. The molecule has 0 saturated carbocycles. The number of methoxy groups -OCH3 is 1. The molecule has 21 heavy (non-hydrogen) atoms. The molecule has 0 atom stereocenters. The highest BCUT2D eigenvalue weighted by atomic mass is 127. The number of ether oxygens (including phenoxy) is 2. The lowest BCUT2D eigenvalue weighted by molar-refractivity contribution is 0.152. The molecule has 0 heterocycles. The van der Waals surface area contributed by atoms with Crippen LogP contribution in [0, 0.1) is 0 Å². The molecule has 5 nitrogen and oxygen atoms in total. The Hall–Kier alpha value is -1.02. The minimum atomic E-state index is 0. The van der Waals surface area contributed by atoms with E-state index in [-0.39, 0.29) is 24.0 Å². The molecular weight excluding hydrogens is 381 g/mol. The minimum absolute atomic E-state index is 0. The summed E-state index contributed by atoms with van der Waals surface area (Å²) in [5.74, 6) is 1.69. The fourth-order valence-electron chi connectivity index (χ4n) is 1.72. The van der Waals surface area contributed by atoms with E-state index >= 15 is 0 Å². The molecule has 0 spiro atoms. The fourth-order valence-corrected chi connectivity index (χ4v) is 1.72. The Morgan fingerprint density at radius 2 is 1.81 bits per heavy atom. The number of nitrogens with zero attached hydrogens (tertiary/aromatic N) is 1. The lowest BCUT2D eigenvalue weighted by Crippen LogP contribution is -2.39. The number of hydrogen-bond acceptors (Lipinski definition) is 3. The van der Waals surface area contributed by atoms with Gasteiger partial charge >= 0.3 is 0 Å². The molecule has 0 radical (unpaired) electrons. The van der Waals surface area contributed by atoms with Crippen molar-refractivity contribution in [3.05, 3.63) is 29.8 Å². The normalized spacial score (nSPS) is 10.7. The van der Waals surface area contributed by atoms with Gasteiger partial charge in [0.15, 0.2) is 5.96 Å². The lowest BCUT2D eigenvalue weighted by atomic mass is 10.1. The molecule has 0 unspecified atom stereocenters. The van der Waals surface area contributed by atoms with Gasteiger partial charge in [0.1, 0.15) is 5.75 Å². The standard InChI is InChI=1S/C15H25N3O2.HI/c1-4-20-12-11-18-15(16-2)17-10-9-13-5-7-14(19-3)8-6-13;/h5-8H,4,9-12H2,1-3H3,(H2,16,17,18);1H. The molecule has 1 rings (SSSR count). The Labute approximate surface area is 144 Å². The number of benzene rings is 1. The van der Waals surface area contributed by atoms with Gasteiger partial charge in [-0.25, -0.2) is 0 Å². The number of halogens is 1. The van der Waals surface area contributed by atoms with Crippen molar-refractivity contribution in [3.8, 4) is 5.75 Å². The van der Waals surface area contributed by atoms with Crippen LogP contribution < -0.4 is 15.4 Å². The van der Waals surface area contributed by atoms with Crippen molar-refractivity contribution in [1.82, 2.24) is 10.6 Å². The molecule has 0 bridgehead atoms. The molecule has 0 aliphatic carbocycles. The van der Waals surface area contributed by atoms with E-state index in [0.717, 1.165) is 37.8 Å². The number of aliphatic imine (C=N–C) groups is 1. The zero-order chi connectivity index (χ0) is 14.6. The van der Waals surface area contributed by atoms with Crippen LogP contribution in [0.2, 0.25) is 0 Å². The quantitative estimate of drug-likeness (QED) is 0.300. The van der Waals surface area contributed by atoms with Crippen molar-refractivity contribution >= 4 is 29.9 Å². The molecule has 0 aromatic heterocycles. The van der Waals surface area contributed by atoms with Crippen molar-refractivity contribution in [1.29, 1.82) is 0 Å². The van der Waals surface area contributed by atoms with Crippen LogP contribution in [0.25, 0.3) is 0 Å². The van der Waals surface area contributed by atoms with Crippen molar-refractivity contribution in [2.75, 3.05) is 40.5 Å². The van der Waals surface area contributed by atoms with Crippen LogP contribution in [0.15, 0.2) is 29.3 Å². The van der Waals surface area contributed by atoms with Crippen molar-refractivity contribution < 1.29 is 9.47 Å². The summed E-state index contributed by atoms with van der Waals surface area (Å²) in [6, 6.07) is 8.10. The molecule has 0 saturated heterocycles. The predicted octanol–water partition coefficient (Wildman–Crippen LogP) is 2.06. The first kappa shape index (κ1) is 20.0. The topological polar surface area (TPSA) is 54.9 Å². The van der Waals surface area contributed by atoms with Crippen LogP contribution in [-0.2, 0) is 11.2 Å². The first-order chi connectivity index (χ1) is 9.80. The predicted molar refractivity (Wildman–Crippen MR) is 98.0 cm³/mol. The van der Waals surface area contributed by atoms with E-state index in [4.69, 9.17) is 9.47 Å². The smallest absolute Gasteiger partial charge is 0.191 e. The summed E-state index contributed by atoms with van der Waals surface area (Å²) in [6.07, 6.45) is 0.941. The summed E-state index contributed by atoms with van der Waals surface area (Å²) in [7, 11) is 3.44. The number of rotatable bonds is 8. The van der Waals surface area contributed by atoms with Crippen LogP contribution in [0.5, 0.6) is 5.75 Å². The van der Waals surface area contributed by atoms with Gasteiger partial charge in [0.05, 0.1) is 13.7 Å². The van der Waals surface area contributed by atoms with Crippen molar-refractivity contribution in [3.63, 3.8) is 0 Å². The Kier molecular flexibility index (Phi) is 12.1. The highest BCUT2D eigenvalue weighted by molar-refractivity contribution is 14.0. The Bertz CT molecular complexity index is 396. The second-order valence-electron chi connectivity index (χ2n) is 4.22. The first-order valence-electron chi connectivity index (χ1n) is 6.95. The minimum Gasteiger partial charge on any atom is -0.497 e. The number of nitrogens with one attached hydrogen (secondary N) is 2. The molecule has 120 valence electrons. The molecule has 2 N–H and O–H groups in total. The van der Waals surface area contributed by atoms with E-state index in [1.165, 1.54) is 5.56 Å². The Balaban J connectivity index is 0.00000400. The average molecular weight is 407 g/mol. The average Bonchev–Trinajstić information content (AvgIpc) is 2.50. The van der Waals surface area contributed by atoms with Crippen LogP contribution in [0.4, 0.5) is 0 Å². The lowest BCUT2D eigenvalue weighted by Gasteiger charge is -2.12. The van der Waals surface area contributed by atoms with Gasteiger partial charge in [-0.05, 0) is 31.0 Å². The molecule has 0 aliphatic heterocycles. The molecule has 0 aliphatic rings. The van der Waals surface area contributed by atoms with Gasteiger partial charge in [-0.3, -0.25) is 4.99 Å². The molecule has 0 amide bonds. The number of guanidine groups is 1. The van der Waals surface area contributed by atoms with E-state index in [2.05, 4.69) is 27.8 Å². The van der Waals surface area contributed by atoms with Crippen molar-refractivity contribution in [2.24, 2.45) is 4.99 Å². The van der Waals surface area contributed by atoms with Gasteiger partial charge in [0, 0.05) is 26.7 Å². The largest absolute Gasteiger partial charge is 0.497 e. The second kappa shape index (κ2) is 12.7. The van der Waals surface area contributed by atoms with Crippen LogP contribution in [-0.4, -0.2) is 46.4 Å². The summed E-state index contributed by atoms with van der Waals surface area (Å²) < 4.78 is 10.4. The van der Waals surface area contributed by atoms with Gasteiger partial charge in [0.2, 0.25) is 0 Å². The van der Waals surface area contributed by atoms with Gasteiger partial charge in [-0.1, -0.05) is 12.1 Å². The van der Waals surface area contributed by atoms with E-state index < -0.39 is 0 Å². The third kappa shape index (κ3) is 8.77. The second-order valence-corrected chi connectivity index (χ2v) is 4.22. The summed E-state index contributed by atoms with van der Waals surface area (Å²) >= 11 is 0. The molecule has 6 heteroatoms. The summed E-state index contributed by atoms with van der Waals surface area (Å²) in [4.78, 5) is 4.16. The molecule has 0 fully saturated rings. The third-order valence-electron chi connectivity index (χ3n) is 2.83. The summed E-state index contributed by atoms with van der Waals surface area (Å²) in [5.41, 5.74) is 1.27. The Morgan fingerprint density at radius 3 is 2.38 bits per heavy atom. The van der Waals surface area contributed by atoms with Gasteiger partial charge in [-0.2, -0.15) is 0 Å². The Morgan fingerprint density at radius 1 is 1.14 bits per heavy atom. The SMILES string of the molecule is CCOCCNC(=NC)NCCc1ccc(OC)cc1.I. The zero-order valence-electron chi connectivity index (χ0n) is 13.0. The van der Waals surface area contributed by atoms with Crippen LogP contribution >= 0.6 is 24.0 Å². The summed E-state index contributed by atoms with van der Waals surface area (Å²) in [6.45, 7) is 5.01. The maximum Gasteiger partial charge on any atom is 0.191 e. The van der Waals surface area contributed by atoms with Gasteiger partial charge in [-0.15, -0.1) is 24.0 Å².